The van der Waals surface area contributed by atoms with Crippen molar-refractivity contribution >= 4 is 6.20 Å². The largest absolute Gasteiger partial charge is 0.248 e. The van der Waals surface area contributed by atoms with E-state index in [0.29, 0.717) is 0 Å². The van der Waals surface area contributed by atoms with Gasteiger partial charge in [0.15, 0.2) is 0 Å². The molecule has 1 heterocycles. The molecule has 0 radical (unpaired) electrons. The highest BCUT2D eigenvalue weighted by Crippen LogP contribution is 2.11. The van der Waals surface area contributed by atoms with Gasteiger partial charge in [0, 0.05) is 0 Å². The van der Waals surface area contributed by atoms with Crippen molar-refractivity contribution in [1.82, 2.24) is 4.57 Å². The molecule has 1 aromatic rings. The molecule has 0 aliphatic carbocycles. The number of unbranched alkanes of at least 4 members (excludes halogenated alkanes) is 11. The quantitative estimate of drug-likeness (QED) is 0.313. The summed E-state index contributed by atoms with van der Waals surface area (Å²) in [5.74, 6) is 0. The Hall–Kier alpha value is -1.05. The van der Waals surface area contributed by atoms with Gasteiger partial charge in [-0.3, -0.25) is 0 Å². The normalized spacial score (nSPS) is 10.9. The third-order valence-electron chi connectivity index (χ3n) is 4.19. The summed E-state index contributed by atoms with van der Waals surface area (Å²) >= 11 is 0. The number of hydrogen-bond donors (Lipinski definition) is 0. The molecule has 0 aromatic carbocycles. The summed E-state index contributed by atoms with van der Waals surface area (Å²) < 4.78 is 4.25. The third kappa shape index (κ3) is 9.49. The van der Waals surface area contributed by atoms with Crippen LogP contribution in [0.25, 0.3) is 6.20 Å². The Morgan fingerprint density at radius 2 is 1.38 bits per heavy atom. The molecule has 21 heavy (non-hydrogen) atoms. The van der Waals surface area contributed by atoms with Crippen LogP contribution in [0.15, 0.2) is 25.3 Å². The fourth-order valence-corrected chi connectivity index (χ4v) is 2.79. The summed E-state index contributed by atoms with van der Waals surface area (Å²) in [5.41, 5.74) is 0. The number of aromatic nitrogens is 2. The van der Waals surface area contributed by atoms with Crippen LogP contribution in [0.5, 0.6) is 0 Å². The summed E-state index contributed by atoms with van der Waals surface area (Å²) in [4.78, 5) is 0. The molecule has 0 unspecified atom stereocenters. The van der Waals surface area contributed by atoms with Crippen LogP contribution in [0.1, 0.15) is 84.0 Å². The lowest BCUT2D eigenvalue weighted by molar-refractivity contribution is -0.696. The maximum atomic E-state index is 3.76. The lowest BCUT2D eigenvalue weighted by Gasteiger charge is -2.02. The van der Waals surface area contributed by atoms with E-state index in [1.165, 1.54) is 77.0 Å². The Balaban J connectivity index is 1.81. The molecule has 0 fully saturated rings. The first-order valence-corrected chi connectivity index (χ1v) is 9.06. The Morgan fingerprint density at radius 1 is 0.857 bits per heavy atom. The van der Waals surface area contributed by atoms with Crippen molar-refractivity contribution in [2.45, 2.75) is 90.5 Å². The molecular weight excluding hydrogens is 256 g/mol. The Morgan fingerprint density at radius 3 is 1.86 bits per heavy atom. The van der Waals surface area contributed by atoms with Crippen molar-refractivity contribution in [2.75, 3.05) is 0 Å². The second-order valence-electron chi connectivity index (χ2n) is 6.17. The molecule has 0 N–H and O–H groups in total. The first-order valence-electron chi connectivity index (χ1n) is 9.06. The highest BCUT2D eigenvalue weighted by molar-refractivity contribution is 5.12. The highest BCUT2D eigenvalue weighted by atomic mass is 15.1. The molecule has 0 aliphatic heterocycles. The van der Waals surface area contributed by atoms with Crippen LogP contribution in [0.4, 0.5) is 0 Å². The number of aryl methyl sites for hydroxylation is 1. The third-order valence-corrected chi connectivity index (χ3v) is 4.19. The molecule has 120 valence electrons. The van der Waals surface area contributed by atoms with Gasteiger partial charge in [-0.05, 0) is 12.8 Å². The fourth-order valence-electron chi connectivity index (χ4n) is 2.79. The molecule has 0 aliphatic rings. The molecule has 0 saturated heterocycles. The van der Waals surface area contributed by atoms with Crippen LogP contribution in [-0.2, 0) is 6.54 Å². The van der Waals surface area contributed by atoms with Gasteiger partial charge < -0.3 is 0 Å². The van der Waals surface area contributed by atoms with Gasteiger partial charge in [0.25, 0.3) is 0 Å². The zero-order valence-electron chi connectivity index (χ0n) is 14.1. The second kappa shape index (κ2) is 12.7. The van der Waals surface area contributed by atoms with Gasteiger partial charge in [-0.15, -0.1) is 0 Å². The van der Waals surface area contributed by atoms with Crippen LogP contribution in [-0.4, -0.2) is 4.57 Å². The molecule has 2 nitrogen and oxygen atoms in total. The maximum absolute atomic E-state index is 3.76. The molecule has 0 spiro atoms. The van der Waals surface area contributed by atoms with Crippen LogP contribution < -0.4 is 4.57 Å². The minimum Gasteiger partial charge on any atom is -0.236 e. The van der Waals surface area contributed by atoms with Crippen LogP contribution in [0, 0.1) is 0 Å². The van der Waals surface area contributed by atoms with Crippen molar-refractivity contribution in [3.8, 4) is 0 Å². The predicted molar refractivity (Wildman–Crippen MR) is 92.1 cm³/mol. The average molecular weight is 292 g/mol. The first-order chi connectivity index (χ1) is 10.4. The Kier molecular flexibility index (Phi) is 10.9. The smallest absolute Gasteiger partial charge is 0.236 e. The summed E-state index contributed by atoms with van der Waals surface area (Å²) in [6.45, 7) is 7.18. The number of rotatable bonds is 14. The Bertz CT molecular complexity index is 354. The van der Waals surface area contributed by atoms with Crippen molar-refractivity contribution in [3.05, 3.63) is 25.3 Å². The molecule has 1 rings (SSSR count). The maximum Gasteiger partial charge on any atom is 0.248 e. The van der Waals surface area contributed by atoms with E-state index in [0.717, 1.165) is 6.54 Å². The van der Waals surface area contributed by atoms with E-state index >= 15 is 0 Å². The van der Waals surface area contributed by atoms with Crippen molar-refractivity contribution in [1.29, 1.82) is 0 Å². The lowest BCUT2D eigenvalue weighted by atomic mass is 10.1. The van der Waals surface area contributed by atoms with Gasteiger partial charge in [-0.1, -0.05) is 77.7 Å². The van der Waals surface area contributed by atoms with Crippen molar-refractivity contribution in [2.24, 2.45) is 0 Å². The number of nitrogens with zero attached hydrogens (tertiary/aromatic N) is 2. The molecule has 0 atom stereocenters. The van der Waals surface area contributed by atoms with Crippen molar-refractivity contribution in [3.63, 3.8) is 0 Å². The van der Waals surface area contributed by atoms with E-state index < -0.39 is 0 Å². The van der Waals surface area contributed by atoms with E-state index in [1.54, 1.807) is 0 Å². The SMILES string of the molecule is C=Cn1cc[n+](CCCCCCCCCCCCCC)c1. The summed E-state index contributed by atoms with van der Waals surface area (Å²) in [6, 6.07) is 0. The van der Waals surface area contributed by atoms with Crippen LogP contribution in [0.2, 0.25) is 0 Å². The van der Waals surface area contributed by atoms with Crippen LogP contribution in [0.3, 0.4) is 0 Å². The van der Waals surface area contributed by atoms with E-state index in [-0.39, 0.29) is 0 Å². The zero-order chi connectivity index (χ0) is 15.2. The minimum absolute atomic E-state index is 1.14. The second-order valence-corrected chi connectivity index (χ2v) is 6.17. The van der Waals surface area contributed by atoms with E-state index in [1.807, 2.05) is 17.0 Å². The van der Waals surface area contributed by atoms with Gasteiger partial charge in [0.05, 0.1) is 12.7 Å². The highest BCUT2D eigenvalue weighted by Gasteiger charge is 2.00. The fraction of sp³-hybridized carbons (Fsp3) is 0.737. The molecule has 2 heteroatoms. The number of imidazole rings is 1. The van der Waals surface area contributed by atoms with Crippen LogP contribution >= 0.6 is 0 Å². The van der Waals surface area contributed by atoms with E-state index in [2.05, 4.69) is 30.6 Å². The summed E-state index contributed by atoms with van der Waals surface area (Å²) in [7, 11) is 0. The van der Waals surface area contributed by atoms with E-state index in [9.17, 15) is 0 Å². The van der Waals surface area contributed by atoms with Gasteiger partial charge in [0.1, 0.15) is 12.4 Å². The lowest BCUT2D eigenvalue weighted by Crippen LogP contribution is -2.30. The van der Waals surface area contributed by atoms with Gasteiger partial charge in [0.2, 0.25) is 6.33 Å². The van der Waals surface area contributed by atoms with Gasteiger partial charge in [-0.2, -0.15) is 0 Å². The summed E-state index contributed by atoms with van der Waals surface area (Å²) in [5, 5.41) is 0. The summed E-state index contributed by atoms with van der Waals surface area (Å²) in [6.07, 6.45) is 25.1. The monoisotopic (exact) mass is 291 g/mol. The topological polar surface area (TPSA) is 8.81 Å². The van der Waals surface area contributed by atoms with E-state index in [4.69, 9.17) is 0 Å². The zero-order valence-corrected chi connectivity index (χ0v) is 14.1. The first kappa shape index (κ1) is 18.0. The molecule has 0 saturated carbocycles. The van der Waals surface area contributed by atoms with Crippen molar-refractivity contribution < 1.29 is 4.57 Å². The molecule has 1 aromatic heterocycles. The predicted octanol–water partition coefficient (Wildman–Crippen LogP) is 5.58. The molecule has 0 amide bonds. The molecular formula is C19H35N2+. The number of hydrogen-bond acceptors (Lipinski definition) is 0. The molecule has 0 bridgehead atoms. The van der Waals surface area contributed by atoms with Gasteiger partial charge in [-0.25, -0.2) is 9.13 Å². The standard InChI is InChI=1S/C19H35N2/c1-3-5-6-7-8-9-10-11-12-13-14-15-16-21-18-17-20(4-2)19-21/h4,17-19H,2-3,5-16H2,1H3/q+1. The minimum atomic E-state index is 1.14. The van der Waals surface area contributed by atoms with Gasteiger partial charge >= 0.3 is 0 Å². The Labute approximate surface area is 131 Å². The average Bonchev–Trinajstić information content (AvgIpc) is 2.96.